The molecule has 2 fully saturated rings. The number of anilines is 1. The smallest absolute Gasteiger partial charge is 0.247 e. The summed E-state index contributed by atoms with van der Waals surface area (Å²) in [4.78, 5) is 45.7. The van der Waals surface area contributed by atoms with E-state index in [0.29, 0.717) is 5.82 Å². The Kier molecular flexibility index (Phi) is 8.50. The molecule has 1 atom stereocenters. The Bertz CT molecular complexity index is 997. The van der Waals surface area contributed by atoms with E-state index in [-0.39, 0.29) is 42.6 Å². The molecule has 1 heterocycles. The van der Waals surface area contributed by atoms with E-state index >= 15 is 0 Å². The van der Waals surface area contributed by atoms with Gasteiger partial charge in [-0.05, 0) is 50.3 Å². The number of hydrogen-bond acceptors (Lipinski definition) is 4. The van der Waals surface area contributed by atoms with Crippen LogP contribution in [0.15, 0.2) is 48.7 Å². The average molecular weight is 477 g/mol. The maximum absolute atomic E-state index is 13.7. The molecule has 2 saturated carbocycles. The highest BCUT2D eigenvalue weighted by molar-refractivity contribution is 5.94. The summed E-state index contributed by atoms with van der Waals surface area (Å²) < 4.78 is 0. The van der Waals surface area contributed by atoms with E-state index < -0.39 is 6.04 Å². The highest BCUT2D eigenvalue weighted by Crippen LogP contribution is 2.33. The molecule has 35 heavy (non-hydrogen) atoms. The van der Waals surface area contributed by atoms with Crippen LogP contribution in [0.1, 0.15) is 81.4 Å². The standard InChI is InChI=1S/C28H36N4O3/c1-20-13-15-21(16-14-20)27(28(35)30-22-8-2-3-9-22)32(23-10-4-5-11-23)26(34)18-17-25(33)31-24-12-6-7-19-29-24/h6-7,12-16,19,22-23,27H,2-5,8-11,17-18H2,1H3,(H,30,35)(H,29,31,33)/t27-/m0/s1. The third kappa shape index (κ3) is 6.68. The molecule has 7 heteroatoms. The van der Waals surface area contributed by atoms with Crippen LogP contribution in [0.2, 0.25) is 0 Å². The number of amides is 3. The van der Waals surface area contributed by atoms with Gasteiger partial charge in [-0.25, -0.2) is 4.98 Å². The Hall–Kier alpha value is -3.22. The summed E-state index contributed by atoms with van der Waals surface area (Å²) in [6.45, 7) is 2.01. The molecule has 2 aliphatic rings. The van der Waals surface area contributed by atoms with Gasteiger partial charge in [-0.3, -0.25) is 14.4 Å². The van der Waals surface area contributed by atoms with Crippen molar-refractivity contribution in [3.63, 3.8) is 0 Å². The minimum absolute atomic E-state index is 0.00184. The zero-order valence-corrected chi connectivity index (χ0v) is 20.5. The predicted octanol–water partition coefficient (Wildman–Crippen LogP) is 4.68. The lowest BCUT2D eigenvalue weighted by molar-refractivity contribution is -0.144. The van der Waals surface area contributed by atoms with Crippen molar-refractivity contribution in [1.82, 2.24) is 15.2 Å². The predicted molar refractivity (Wildman–Crippen MR) is 136 cm³/mol. The Balaban J connectivity index is 1.53. The third-order valence-electron chi connectivity index (χ3n) is 7.13. The topological polar surface area (TPSA) is 91.4 Å². The molecule has 0 bridgehead atoms. The van der Waals surface area contributed by atoms with Gasteiger partial charge in [0, 0.05) is 31.1 Å². The second-order valence-electron chi connectivity index (χ2n) is 9.81. The maximum Gasteiger partial charge on any atom is 0.247 e. The van der Waals surface area contributed by atoms with Crippen LogP contribution in [0.25, 0.3) is 0 Å². The van der Waals surface area contributed by atoms with Crippen molar-refractivity contribution in [3.05, 3.63) is 59.8 Å². The van der Waals surface area contributed by atoms with Crippen LogP contribution in [0.3, 0.4) is 0 Å². The van der Waals surface area contributed by atoms with Gasteiger partial charge in [0.05, 0.1) is 0 Å². The lowest BCUT2D eigenvalue weighted by atomic mass is 9.98. The number of carbonyl (C=O) groups is 3. The SMILES string of the molecule is Cc1ccc([C@@H](C(=O)NC2CCCC2)N(C(=O)CCC(=O)Nc2ccccn2)C2CCCC2)cc1. The summed E-state index contributed by atoms with van der Waals surface area (Å²) in [7, 11) is 0. The van der Waals surface area contributed by atoms with Crippen LogP contribution in [-0.2, 0) is 14.4 Å². The van der Waals surface area contributed by atoms with Gasteiger partial charge in [-0.2, -0.15) is 0 Å². The first-order valence-corrected chi connectivity index (χ1v) is 12.9. The van der Waals surface area contributed by atoms with Crippen molar-refractivity contribution in [2.24, 2.45) is 0 Å². The molecule has 3 amide bonds. The number of pyridine rings is 1. The highest BCUT2D eigenvalue weighted by atomic mass is 16.2. The van der Waals surface area contributed by atoms with Gasteiger partial charge in [0.25, 0.3) is 0 Å². The van der Waals surface area contributed by atoms with Crippen LogP contribution in [0, 0.1) is 6.92 Å². The summed E-state index contributed by atoms with van der Waals surface area (Å²) in [5, 5.41) is 5.97. The second-order valence-corrected chi connectivity index (χ2v) is 9.81. The van der Waals surface area contributed by atoms with E-state index in [0.717, 1.165) is 62.5 Å². The summed E-state index contributed by atoms with van der Waals surface area (Å²) in [5.74, 6) is -0.0593. The molecule has 4 rings (SSSR count). The molecule has 0 unspecified atom stereocenters. The minimum Gasteiger partial charge on any atom is -0.351 e. The Labute approximate surface area is 207 Å². The molecule has 186 valence electrons. The summed E-state index contributed by atoms with van der Waals surface area (Å²) >= 11 is 0. The number of nitrogens with zero attached hydrogens (tertiary/aromatic N) is 2. The Morgan fingerprint density at radius 1 is 0.943 bits per heavy atom. The molecule has 1 aromatic carbocycles. The molecule has 2 aromatic rings. The van der Waals surface area contributed by atoms with E-state index in [1.165, 1.54) is 0 Å². The van der Waals surface area contributed by atoms with E-state index in [1.54, 1.807) is 29.3 Å². The molecule has 1 aromatic heterocycles. The van der Waals surface area contributed by atoms with Crippen molar-refractivity contribution in [2.75, 3.05) is 5.32 Å². The maximum atomic E-state index is 13.7. The Morgan fingerprint density at radius 3 is 2.29 bits per heavy atom. The van der Waals surface area contributed by atoms with Crippen molar-refractivity contribution in [3.8, 4) is 0 Å². The molecular formula is C28H36N4O3. The van der Waals surface area contributed by atoms with Gasteiger partial charge in [-0.15, -0.1) is 0 Å². The van der Waals surface area contributed by atoms with E-state index in [1.807, 2.05) is 31.2 Å². The van der Waals surface area contributed by atoms with E-state index in [4.69, 9.17) is 0 Å². The number of aryl methyl sites for hydroxylation is 1. The van der Waals surface area contributed by atoms with Gasteiger partial charge in [0.1, 0.15) is 11.9 Å². The molecule has 2 N–H and O–H groups in total. The quantitative estimate of drug-likeness (QED) is 0.550. The first-order valence-electron chi connectivity index (χ1n) is 12.9. The van der Waals surface area contributed by atoms with Crippen molar-refractivity contribution in [2.45, 2.75) is 89.3 Å². The number of hydrogen-bond donors (Lipinski definition) is 2. The fourth-order valence-electron chi connectivity index (χ4n) is 5.27. The number of aromatic nitrogens is 1. The normalized spacial score (nSPS) is 17.2. The summed E-state index contributed by atoms with van der Waals surface area (Å²) in [6, 6.07) is 12.7. The largest absolute Gasteiger partial charge is 0.351 e. The first-order chi connectivity index (χ1) is 17.0. The fourth-order valence-corrected chi connectivity index (χ4v) is 5.27. The molecule has 0 spiro atoms. The first kappa shape index (κ1) is 24.9. The zero-order chi connectivity index (χ0) is 24.6. The van der Waals surface area contributed by atoms with E-state index in [2.05, 4.69) is 15.6 Å². The van der Waals surface area contributed by atoms with Gasteiger partial charge < -0.3 is 15.5 Å². The molecule has 0 aliphatic heterocycles. The lowest BCUT2D eigenvalue weighted by Crippen LogP contribution is -2.49. The number of carbonyl (C=O) groups excluding carboxylic acids is 3. The second kappa shape index (κ2) is 12.0. The number of rotatable bonds is 9. The van der Waals surface area contributed by atoms with Crippen molar-refractivity contribution < 1.29 is 14.4 Å². The van der Waals surface area contributed by atoms with Gasteiger partial charge in [-0.1, -0.05) is 61.6 Å². The van der Waals surface area contributed by atoms with Gasteiger partial charge in [0.2, 0.25) is 17.7 Å². The monoisotopic (exact) mass is 476 g/mol. The molecule has 7 nitrogen and oxygen atoms in total. The van der Waals surface area contributed by atoms with Crippen LogP contribution in [0.4, 0.5) is 5.82 Å². The minimum atomic E-state index is -0.689. The lowest BCUT2D eigenvalue weighted by Gasteiger charge is -2.37. The third-order valence-corrected chi connectivity index (χ3v) is 7.13. The Morgan fingerprint density at radius 2 is 1.63 bits per heavy atom. The van der Waals surface area contributed by atoms with Crippen LogP contribution >= 0.6 is 0 Å². The molecular weight excluding hydrogens is 440 g/mol. The highest BCUT2D eigenvalue weighted by Gasteiger charge is 2.38. The van der Waals surface area contributed by atoms with Crippen LogP contribution < -0.4 is 10.6 Å². The van der Waals surface area contributed by atoms with Crippen LogP contribution in [-0.4, -0.2) is 39.7 Å². The van der Waals surface area contributed by atoms with Crippen molar-refractivity contribution >= 4 is 23.5 Å². The molecule has 0 saturated heterocycles. The van der Waals surface area contributed by atoms with Crippen molar-refractivity contribution in [1.29, 1.82) is 0 Å². The molecule has 2 aliphatic carbocycles. The number of benzene rings is 1. The van der Waals surface area contributed by atoms with Crippen LogP contribution in [0.5, 0.6) is 0 Å². The fraction of sp³-hybridized carbons (Fsp3) is 0.500. The van der Waals surface area contributed by atoms with E-state index in [9.17, 15) is 14.4 Å². The zero-order valence-electron chi connectivity index (χ0n) is 20.5. The summed E-state index contributed by atoms with van der Waals surface area (Å²) in [6.07, 6.45) is 9.76. The number of nitrogens with one attached hydrogen (secondary N) is 2. The average Bonchev–Trinajstić information content (AvgIpc) is 3.57. The van der Waals surface area contributed by atoms with Gasteiger partial charge in [0.15, 0.2) is 0 Å². The summed E-state index contributed by atoms with van der Waals surface area (Å²) in [5.41, 5.74) is 1.93. The van der Waals surface area contributed by atoms with Gasteiger partial charge >= 0.3 is 0 Å². The molecule has 0 radical (unpaired) electrons.